The third-order valence-corrected chi connectivity index (χ3v) is 10.6. The Labute approximate surface area is 220 Å². The predicted octanol–water partition coefficient (Wildman–Crippen LogP) is 5.25. The molecule has 7 nitrogen and oxygen atoms in total. The van der Waals surface area contributed by atoms with Crippen molar-refractivity contribution in [1.29, 1.82) is 0 Å². The smallest absolute Gasteiger partial charge is 0.183 e. The SMILES string of the molecule is [B]N1C2C=C(c3cc(N(COCC[Si](C)(C)C)COCC[Si](C)(C)C)n4nccc4n3)CC1CCC2. The first-order chi connectivity index (χ1) is 17.0. The standard InChI is InChI=1S/C26H44BN5O2Si2/c1-35(2,3)14-12-33-19-30(20-34-13-15-36(4,5)6)26-18-24(29-25-10-11-28-32(25)26)21-16-22-8-7-9-23(17-21)31(22)27/h10-11,16,18,22-23H,7-9,12-15,17,19-20H2,1-6H3. The molecule has 1 saturated heterocycles. The van der Waals surface area contributed by atoms with Gasteiger partial charge in [-0.1, -0.05) is 51.8 Å². The molecule has 0 aliphatic carbocycles. The molecule has 0 spiro atoms. The summed E-state index contributed by atoms with van der Waals surface area (Å²) in [5, 5.41) is 4.60. The number of ether oxygens (including phenoxy) is 2. The van der Waals surface area contributed by atoms with Crippen LogP contribution < -0.4 is 4.90 Å². The minimum Gasteiger partial charge on any atom is -0.361 e. The number of nitrogens with zero attached hydrogens (tertiary/aromatic N) is 5. The fraction of sp³-hybridized carbons (Fsp3) is 0.692. The second kappa shape index (κ2) is 11.5. The molecule has 2 aliphatic heterocycles. The Hall–Kier alpha value is -1.46. The molecular formula is C26H44BN5O2Si2. The molecule has 2 atom stereocenters. The monoisotopic (exact) mass is 525 g/mol. The number of anilines is 1. The van der Waals surface area contributed by atoms with Crippen LogP contribution in [0, 0.1) is 0 Å². The largest absolute Gasteiger partial charge is 0.361 e. The van der Waals surface area contributed by atoms with Gasteiger partial charge in [-0.25, -0.2) is 4.98 Å². The summed E-state index contributed by atoms with van der Waals surface area (Å²) in [6.07, 6.45) is 8.58. The van der Waals surface area contributed by atoms with Gasteiger partial charge in [0.15, 0.2) is 13.6 Å². The molecule has 0 aromatic carbocycles. The van der Waals surface area contributed by atoms with Gasteiger partial charge >= 0.3 is 0 Å². The third-order valence-electron chi connectivity index (χ3n) is 7.17. The Morgan fingerprint density at radius 3 is 2.31 bits per heavy atom. The van der Waals surface area contributed by atoms with Crippen LogP contribution in [0.25, 0.3) is 11.2 Å². The molecule has 4 heterocycles. The van der Waals surface area contributed by atoms with E-state index >= 15 is 0 Å². The maximum Gasteiger partial charge on any atom is 0.183 e. The van der Waals surface area contributed by atoms with Gasteiger partial charge in [0.25, 0.3) is 0 Å². The minimum absolute atomic E-state index is 0.296. The second-order valence-corrected chi connectivity index (χ2v) is 24.1. The van der Waals surface area contributed by atoms with Crippen molar-refractivity contribution in [3.05, 3.63) is 30.1 Å². The number of piperidine rings is 1. The van der Waals surface area contributed by atoms with E-state index in [2.05, 4.69) is 66.2 Å². The molecule has 36 heavy (non-hydrogen) atoms. The van der Waals surface area contributed by atoms with Crippen LogP contribution in [0.2, 0.25) is 51.4 Å². The Kier molecular flexibility index (Phi) is 8.82. The first kappa shape index (κ1) is 27.6. The van der Waals surface area contributed by atoms with Crippen molar-refractivity contribution < 1.29 is 9.47 Å². The van der Waals surface area contributed by atoms with Crippen LogP contribution in [0.5, 0.6) is 0 Å². The highest BCUT2D eigenvalue weighted by atomic mass is 28.3. The number of hydrogen-bond donors (Lipinski definition) is 0. The molecule has 2 aromatic heterocycles. The molecular weight excluding hydrogens is 481 g/mol. The molecule has 0 N–H and O–H groups in total. The van der Waals surface area contributed by atoms with Crippen molar-refractivity contribution in [2.45, 2.75) is 89.1 Å². The Morgan fingerprint density at radius 1 is 1.03 bits per heavy atom. The van der Waals surface area contributed by atoms with E-state index in [0.717, 1.165) is 61.7 Å². The van der Waals surface area contributed by atoms with Gasteiger partial charge < -0.3 is 19.2 Å². The molecule has 2 unspecified atom stereocenters. The molecule has 0 saturated carbocycles. The third kappa shape index (κ3) is 7.31. The summed E-state index contributed by atoms with van der Waals surface area (Å²) in [7, 11) is 4.07. The average Bonchev–Trinajstić information content (AvgIpc) is 3.25. The molecule has 1 fully saturated rings. The predicted molar refractivity (Wildman–Crippen MR) is 155 cm³/mol. The van der Waals surface area contributed by atoms with E-state index in [0.29, 0.717) is 25.5 Å². The summed E-state index contributed by atoms with van der Waals surface area (Å²) in [4.78, 5) is 9.21. The Morgan fingerprint density at radius 2 is 1.69 bits per heavy atom. The van der Waals surface area contributed by atoms with Gasteiger partial charge in [-0.05, 0) is 36.9 Å². The van der Waals surface area contributed by atoms with Gasteiger partial charge in [0.05, 0.1) is 11.9 Å². The molecule has 2 radical (unpaired) electrons. The fourth-order valence-electron chi connectivity index (χ4n) is 4.81. The van der Waals surface area contributed by atoms with Crippen LogP contribution in [0.1, 0.15) is 31.4 Å². The van der Waals surface area contributed by atoms with E-state index in [-0.39, 0.29) is 0 Å². The number of hydrogen-bond acceptors (Lipinski definition) is 6. The van der Waals surface area contributed by atoms with E-state index in [1.165, 1.54) is 12.0 Å². The second-order valence-electron chi connectivity index (χ2n) is 12.8. The Bertz CT molecular complexity index is 1030. The van der Waals surface area contributed by atoms with Gasteiger partial charge in [0.1, 0.15) is 19.3 Å². The van der Waals surface area contributed by atoms with Crippen LogP contribution in [-0.4, -0.2) is 82.3 Å². The molecule has 10 heteroatoms. The van der Waals surface area contributed by atoms with Crippen LogP contribution in [0.15, 0.2) is 24.4 Å². The zero-order chi connectivity index (χ0) is 25.9. The van der Waals surface area contributed by atoms with Crippen molar-refractivity contribution >= 4 is 41.2 Å². The summed E-state index contributed by atoms with van der Waals surface area (Å²) in [5.74, 6) is 0.960. The van der Waals surface area contributed by atoms with Gasteiger partial charge in [-0.3, -0.25) is 0 Å². The zero-order valence-electron chi connectivity index (χ0n) is 23.2. The van der Waals surface area contributed by atoms with Gasteiger partial charge in [0.2, 0.25) is 0 Å². The first-order valence-electron chi connectivity index (χ1n) is 13.5. The van der Waals surface area contributed by atoms with E-state index < -0.39 is 16.1 Å². The molecule has 196 valence electrons. The number of rotatable bonds is 12. The number of aromatic nitrogens is 3. The van der Waals surface area contributed by atoms with Crippen LogP contribution >= 0.6 is 0 Å². The molecule has 4 rings (SSSR count). The number of fused-ring (bicyclic) bond motifs is 3. The van der Waals surface area contributed by atoms with E-state index in [1.54, 1.807) is 0 Å². The molecule has 2 aliphatic rings. The molecule has 0 amide bonds. The van der Waals surface area contributed by atoms with Gasteiger partial charge in [-0.15, -0.1) is 0 Å². The topological polar surface area (TPSA) is 55.1 Å². The van der Waals surface area contributed by atoms with Crippen LogP contribution in [0.4, 0.5) is 5.82 Å². The van der Waals surface area contributed by atoms with Gasteiger partial charge in [0, 0.05) is 53.6 Å². The highest BCUT2D eigenvalue weighted by molar-refractivity contribution is 6.76. The quantitative estimate of drug-likeness (QED) is 0.214. The lowest BCUT2D eigenvalue weighted by Crippen LogP contribution is -2.46. The molecule has 2 bridgehead atoms. The van der Waals surface area contributed by atoms with Crippen LogP contribution in [0.3, 0.4) is 0 Å². The lowest BCUT2D eigenvalue weighted by molar-refractivity contribution is 0.0942. The fourth-order valence-corrected chi connectivity index (χ4v) is 6.33. The minimum atomic E-state index is -1.16. The normalized spacial score (nSPS) is 21.1. The summed E-state index contributed by atoms with van der Waals surface area (Å²) >= 11 is 0. The van der Waals surface area contributed by atoms with Crippen molar-refractivity contribution in [2.24, 2.45) is 0 Å². The van der Waals surface area contributed by atoms with Crippen LogP contribution in [-0.2, 0) is 9.47 Å². The lowest BCUT2D eigenvalue weighted by Gasteiger charge is -2.43. The summed E-state index contributed by atoms with van der Waals surface area (Å²) in [6, 6.07) is 7.11. The van der Waals surface area contributed by atoms with Crippen molar-refractivity contribution in [2.75, 3.05) is 31.6 Å². The highest BCUT2D eigenvalue weighted by Gasteiger charge is 2.32. The Balaban J connectivity index is 1.58. The van der Waals surface area contributed by atoms with E-state index in [1.807, 2.05) is 16.8 Å². The van der Waals surface area contributed by atoms with Crippen molar-refractivity contribution in [3.8, 4) is 0 Å². The summed E-state index contributed by atoms with van der Waals surface area (Å²) < 4.78 is 14.3. The van der Waals surface area contributed by atoms with Gasteiger partial charge in [-0.2, -0.15) is 9.61 Å². The first-order valence-corrected chi connectivity index (χ1v) is 20.9. The average molecular weight is 526 g/mol. The maximum atomic E-state index is 6.39. The van der Waals surface area contributed by atoms with Crippen molar-refractivity contribution in [3.63, 3.8) is 0 Å². The van der Waals surface area contributed by atoms with E-state index in [4.69, 9.17) is 22.4 Å². The molecule has 2 aromatic rings. The zero-order valence-corrected chi connectivity index (χ0v) is 25.2. The summed E-state index contributed by atoms with van der Waals surface area (Å²) in [5.41, 5.74) is 3.14. The van der Waals surface area contributed by atoms with E-state index in [9.17, 15) is 0 Å². The summed E-state index contributed by atoms with van der Waals surface area (Å²) in [6.45, 7) is 16.8. The van der Waals surface area contributed by atoms with Crippen molar-refractivity contribution in [1.82, 2.24) is 19.4 Å². The maximum absolute atomic E-state index is 6.39. The highest BCUT2D eigenvalue weighted by Crippen LogP contribution is 2.36. The lowest BCUT2D eigenvalue weighted by atomic mass is 9.82.